The summed E-state index contributed by atoms with van der Waals surface area (Å²) in [5.41, 5.74) is 7.55. The molecule has 34 heavy (non-hydrogen) atoms. The molecule has 2 aliphatic rings. The fourth-order valence-corrected chi connectivity index (χ4v) is 5.61. The number of sulfonamides is 1. The number of primary amides is 1. The van der Waals surface area contributed by atoms with Gasteiger partial charge in [0.15, 0.2) is 0 Å². The van der Waals surface area contributed by atoms with Gasteiger partial charge in [0.25, 0.3) is 0 Å². The third-order valence-electron chi connectivity index (χ3n) is 6.51. The van der Waals surface area contributed by atoms with Crippen LogP contribution in [-0.4, -0.2) is 37.6 Å². The lowest BCUT2D eigenvalue weighted by atomic mass is 9.88. The van der Waals surface area contributed by atoms with Gasteiger partial charge in [-0.25, -0.2) is 12.8 Å². The second-order valence-corrected chi connectivity index (χ2v) is 10.5. The molecule has 0 radical (unpaired) electrons. The van der Waals surface area contributed by atoms with Crippen molar-refractivity contribution in [3.05, 3.63) is 53.1 Å². The van der Waals surface area contributed by atoms with Crippen LogP contribution in [0.1, 0.15) is 55.0 Å². The number of hydrogen-bond donors (Lipinski definition) is 2. The average Bonchev–Trinajstić information content (AvgIpc) is 3.00. The van der Waals surface area contributed by atoms with E-state index in [2.05, 4.69) is 4.98 Å². The van der Waals surface area contributed by atoms with Crippen molar-refractivity contribution in [1.82, 2.24) is 9.71 Å². The molecule has 1 aromatic heterocycles. The molecule has 0 saturated heterocycles. The van der Waals surface area contributed by atoms with Gasteiger partial charge in [0.1, 0.15) is 16.8 Å². The molecule has 0 bridgehead atoms. The van der Waals surface area contributed by atoms with Gasteiger partial charge in [0.2, 0.25) is 15.9 Å². The normalized spacial score (nSPS) is 21.8. The molecule has 2 heterocycles. The van der Waals surface area contributed by atoms with Crippen LogP contribution in [0, 0.1) is 12.7 Å². The summed E-state index contributed by atoms with van der Waals surface area (Å²) in [6.45, 7) is 2.32. The number of alkyl halides is 3. The molecule has 3 N–H and O–H groups in total. The smallest absolute Gasteiger partial charge is 0.369 e. The highest BCUT2D eigenvalue weighted by atomic mass is 32.2. The van der Waals surface area contributed by atoms with Gasteiger partial charge in [-0.05, 0) is 68.5 Å². The van der Waals surface area contributed by atoms with Crippen LogP contribution in [-0.2, 0) is 14.8 Å². The Morgan fingerprint density at radius 1 is 1.26 bits per heavy atom. The first kappa shape index (κ1) is 24.4. The number of fused-ring (bicyclic) bond motifs is 1. The third-order valence-corrected chi connectivity index (χ3v) is 8.03. The maximum absolute atomic E-state index is 14.4. The highest BCUT2D eigenvalue weighted by molar-refractivity contribution is 7.89. The quantitative estimate of drug-likeness (QED) is 0.592. The molecule has 184 valence electrons. The van der Waals surface area contributed by atoms with Crippen molar-refractivity contribution in [3.63, 3.8) is 0 Å². The van der Waals surface area contributed by atoms with Gasteiger partial charge >= 0.3 is 6.18 Å². The Balaban J connectivity index is 1.73. The van der Waals surface area contributed by atoms with Crippen molar-refractivity contribution in [2.75, 3.05) is 4.90 Å². The summed E-state index contributed by atoms with van der Waals surface area (Å²) in [6.07, 6.45) is -1.11. The van der Waals surface area contributed by atoms with E-state index < -0.39 is 50.8 Å². The van der Waals surface area contributed by atoms with Crippen molar-refractivity contribution in [1.29, 1.82) is 0 Å². The van der Waals surface area contributed by atoms with Crippen LogP contribution in [0.5, 0.6) is 0 Å². The number of benzene rings is 1. The summed E-state index contributed by atoms with van der Waals surface area (Å²) in [4.78, 5) is 18.2. The van der Waals surface area contributed by atoms with Gasteiger partial charge in [0, 0.05) is 17.9 Å². The zero-order valence-electron chi connectivity index (χ0n) is 18.4. The van der Waals surface area contributed by atoms with Crippen LogP contribution < -0.4 is 15.4 Å². The number of nitrogens with one attached hydrogen (secondary N) is 1. The van der Waals surface area contributed by atoms with Gasteiger partial charge in [0.05, 0.1) is 17.7 Å². The largest absolute Gasteiger partial charge is 0.404 e. The van der Waals surface area contributed by atoms with Crippen molar-refractivity contribution in [2.45, 2.75) is 68.2 Å². The number of aromatic nitrogens is 1. The lowest BCUT2D eigenvalue weighted by molar-refractivity contribution is -0.147. The second-order valence-electron chi connectivity index (χ2n) is 8.78. The van der Waals surface area contributed by atoms with Crippen molar-refractivity contribution < 1.29 is 30.8 Å². The van der Waals surface area contributed by atoms with Crippen LogP contribution in [0.3, 0.4) is 0 Å². The van der Waals surface area contributed by atoms with Gasteiger partial charge in [-0.3, -0.25) is 9.78 Å². The van der Waals surface area contributed by atoms with Gasteiger partial charge < -0.3 is 10.6 Å². The van der Waals surface area contributed by atoms with E-state index >= 15 is 0 Å². The maximum atomic E-state index is 14.4. The Kier molecular flexibility index (Phi) is 6.09. The Bertz CT molecular complexity index is 1210. The van der Waals surface area contributed by atoms with E-state index in [4.69, 9.17) is 5.73 Å². The number of nitrogens with two attached hydrogens (primary N) is 1. The number of carbonyl (C=O) groups excluding carboxylic acids is 1. The van der Waals surface area contributed by atoms with Crippen molar-refractivity contribution >= 4 is 21.6 Å². The van der Waals surface area contributed by atoms with Gasteiger partial charge in [-0.15, -0.1) is 0 Å². The standard InChI is InChI=1S/C22H24F4N4O3S/c1-11-8-18-15(9-16(11)23)19(21(27)31)20(30(18)13-4-3-5-13)17-7-6-14(10-28-17)34(32,33)29-12(2)22(24,25)26/h6-10,12-13,19-20,29H,3-5H2,1-2H3,(H2,27,31)/t12-,19?,20?/m1/s1. The highest BCUT2D eigenvalue weighted by Gasteiger charge is 2.47. The summed E-state index contributed by atoms with van der Waals surface area (Å²) in [5.74, 6) is -2.09. The summed E-state index contributed by atoms with van der Waals surface area (Å²) < 4.78 is 79.2. The molecule has 1 amide bonds. The Morgan fingerprint density at radius 2 is 1.94 bits per heavy atom. The molecule has 2 unspecified atom stereocenters. The topological polar surface area (TPSA) is 105 Å². The zero-order chi connectivity index (χ0) is 25.0. The predicted molar refractivity (Wildman–Crippen MR) is 116 cm³/mol. The van der Waals surface area contributed by atoms with Crippen molar-refractivity contribution in [3.8, 4) is 0 Å². The van der Waals surface area contributed by atoms with E-state index in [-0.39, 0.29) is 6.04 Å². The fourth-order valence-electron chi connectivity index (χ4n) is 4.44. The number of halogens is 4. The minimum absolute atomic E-state index is 0.0671. The number of hydrogen-bond acceptors (Lipinski definition) is 5. The number of amides is 1. The minimum atomic E-state index is -4.75. The Hall–Kier alpha value is -2.73. The lowest BCUT2D eigenvalue weighted by Gasteiger charge is -2.41. The van der Waals surface area contributed by atoms with Gasteiger partial charge in [-0.1, -0.05) is 0 Å². The summed E-state index contributed by atoms with van der Waals surface area (Å²) >= 11 is 0. The number of rotatable bonds is 6. The maximum Gasteiger partial charge on any atom is 0.404 e. The predicted octanol–water partition coefficient (Wildman–Crippen LogP) is 3.44. The third kappa shape index (κ3) is 4.24. The lowest BCUT2D eigenvalue weighted by Crippen LogP contribution is -2.43. The van der Waals surface area contributed by atoms with Crippen LogP contribution in [0.15, 0.2) is 35.4 Å². The molecular weight excluding hydrogens is 476 g/mol. The van der Waals surface area contributed by atoms with E-state index in [1.807, 2.05) is 4.90 Å². The molecule has 0 spiro atoms. The first-order valence-electron chi connectivity index (χ1n) is 10.7. The van der Waals surface area contributed by atoms with E-state index in [1.165, 1.54) is 12.1 Å². The molecule has 7 nitrogen and oxygen atoms in total. The first-order chi connectivity index (χ1) is 15.8. The van der Waals surface area contributed by atoms with E-state index in [9.17, 15) is 30.8 Å². The molecule has 2 aromatic rings. The molecule has 1 saturated carbocycles. The molecule has 3 atom stereocenters. The average molecular weight is 501 g/mol. The molecule has 4 rings (SSSR count). The van der Waals surface area contributed by atoms with Gasteiger partial charge in [-0.2, -0.15) is 17.9 Å². The fraction of sp³-hybridized carbons (Fsp3) is 0.455. The van der Waals surface area contributed by atoms with Crippen LogP contribution in [0.2, 0.25) is 0 Å². The summed E-state index contributed by atoms with van der Waals surface area (Å²) in [5, 5.41) is 0. The number of carbonyl (C=O) groups is 1. The summed E-state index contributed by atoms with van der Waals surface area (Å²) in [6, 6.07) is 2.55. The van der Waals surface area contributed by atoms with E-state index in [1.54, 1.807) is 17.7 Å². The molecule has 1 aromatic carbocycles. The SMILES string of the molecule is Cc1cc2c(cc1F)C(C(N)=O)C(c1ccc(S(=O)(=O)N[C@H](C)C(F)(F)F)cn1)N2C1CCC1. The number of aryl methyl sites for hydroxylation is 1. The highest BCUT2D eigenvalue weighted by Crippen LogP contribution is 2.52. The number of anilines is 1. The molecule has 12 heteroatoms. The zero-order valence-corrected chi connectivity index (χ0v) is 19.3. The number of nitrogens with zero attached hydrogens (tertiary/aromatic N) is 2. The van der Waals surface area contributed by atoms with E-state index in [0.29, 0.717) is 29.4 Å². The first-order valence-corrected chi connectivity index (χ1v) is 12.2. The van der Waals surface area contributed by atoms with Crippen LogP contribution >= 0.6 is 0 Å². The molecule has 1 aliphatic carbocycles. The van der Waals surface area contributed by atoms with Crippen molar-refractivity contribution in [2.24, 2.45) is 5.73 Å². The Morgan fingerprint density at radius 3 is 2.44 bits per heavy atom. The monoisotopic (exact) mass is 500 g/mol. The van der Waals surface area contributed by atoms with Crippen LogP contribution in [0.25, 0.3) is 0 Å². The Labute approximate surface area is 194 Å². The summed E-state index contributed by atoms with van der Waals surface area (Å²) in [7, 11) is -4.49. The molecule has 1 aliphatic heterocycles. The second kappa shape index (κ2) is 8.49. The van der Waals surface area contributed by atoms with E-state index in [0.717, 1.165) is 31.5 Å². The minimum Gasteiger partial charge on any atom is -0.369 e. The molecule has 1 fully saturated rings. The van der Waals surface area contributed by atoms with Crippen LogP contribution in [0.4, 0.5) is 23.2 Å². The number of pyridine rings is 1. The molecular formula is C22H24F4N4O3S.